The van der Waals surface area contributed by atoms with Crippen LogP contribution in [0, 0.1) is 5.82 Å². The second kappa shape index (κ2) is 5.27. The molecule has 102 valence electrons. The van der Waals surface area contributed by atoms with Crippen LogP contribution in [0.1, 0.15) is 24.8 Å². The molecule has 1 aromatic carbocycles. The third-order valence-electron chi connectivity index (χ3n) is 2.88. The number of rotatable bonds is 3. The van der Waals surface area contributed by atoms with Gasteiger partial charge in [0.15, 0.2) is 9.84 Å². The Hall–Kier alpha value is 0.160. The normalized spacial score (nSPS) is 14.6. The monoisotopic (exact) mass is 376 g/mol. The van der Waals surface area contributed by atoms with Gasteiger partial charge in [0.05, 0.1) is 15.1 Å². The average Bonchev–Trinajstić information content (AvgIpc) is 2.20. The first-order valence-electron chi connectivity index (χ1n) is 4.96. The SMILES string of the molecule is CC(C)(C(Cl)c1cc(Cl)c(Br)cc1F)S(C)(=O)=O. The van der Waals surface area contributed by atoms with Gasteiger partial charge in [0.2, 0.25) is 0 Å². The molecule has 0 aliphatic carbocycles. The van der Waals surface area contributed by atoms with E-state index >= 15 is 0 Å². The summed E-state index contributed by atoms with van der Waals surface area (Å²) in [5.41, 5.74) is 0.0697. The third kappa shape index (κ3) is 3.00. The van der Waals surface area contributed by atoms with Gasteiger partial charge in [-0.1, -0.05) is 11.6 Å². The lowest BCUT2D eigenvalue weighted by Crippen LogP contribution is -2.35. The average molecular weight is 378 g/mol. The van der Waals surface area contributed by atoms with E-state index in [2.05, 4.69) is 15.9 Å². The molecule has 0 fully saturated rings. The van der Waals surface area contributed by atoms with Crippen LogP contribution in [0.25, 0.3) is 0 Å². The third-order valence-corrected chi connectivity index (χ3v) is 7.13. The highest BCUT2D eigenvalue weighted by atomic mass is 79.9. The molecule has 7 heteroatoms. The molecule has 0 saturated heterocycles. The summed E-state index contributed by atoms with van der Waals surface area (Å²) < 4.78 is 36.3. The van der Waals surface area contributed by atoms with Crippen LogP contribution in [-0.2, 0) is 9.84 Å². The van der Waals surface area contributed by atoms with Crippen molar-refractivity contribution < 1.29 is 12.8 Å². The van der Waals surface area contributed by atoms with Gasteiger partial charge in [-0.15, -0.1) is 11.6 Å². The fourth-order valence-corrected chi connectivity index (χ4v) is 2.94. The maximum Gasteiger partial charge on any atom is 0.154 e. The standard InChI is InChI=1S/C11H12BrCl2FO2S/c1-11(2,18(3,16)17)10(14)6-4-8(13)7(12)5-9(6)15/h4-5,10H,1-3H3. The van der Waals surface area contributed by atoms with E-state index in [0.717, 1.165) is 6.26 Å². The molecule has 1 aromatic rings. The second-order valence-electron chi connectivity index (χ2n) is 4.53. The van der Waals surface area contributed by atoms with E-state index < -0.39 is 25.8 Å². The summed E-state index contributed by atoms with van der Waals surface area (Å²) in [6, 6.07) is 2.51. The van der Waals surface area contributed by atoms with Gasteiger partial charge in [-0.3, -0.25) is 0 Å². The molecule has 0 N–H and O–H groups in total. The van der Waals surface area contributed by atoms with Gasteiger partial charge in [0.1, 0.15) is 5.82 Å². The molecule has 0 radical (unpaired) electrons. The maximum atomic E-state index is 13.8. The number of benzene rings is 1. The molecule has 0 saturated carbocycles. The highest BCUT2D eigenvalue weighted by molar-refractivity contribution is 9.10. The van der Waals surface area contributed by atoms with Crippen molar-refractivity contribution in [1.29, 1.82) is 0 Å². The van der Waals surface area contributed by atoms with E-state index in [1.165, 1.54) is 26.0 Å². The number of sulfone groups is 1. The minimum absolute atomic E-state index is 0.0697. The van der Waals surface area contributed by atoms with Gasteiger partial charge < -0.3 is 0 Å². The molecular formula is C11H12BrCl2FO2S. The molecule has 0 aromatic heterocycles. The van der Waals surface area contributed by atoms with Crippen LogP contribution in [0.15, 0.2) is 16.6 Å². The van der Waals surface area contributed by atoms with Crippen molar-refractivity contribution in [2.45, 2.75) is 24.0 Å². The van der Waals surface area contributed by atoms with Crippen LogP contribution in [-0.4, -0.2) is 19.4 Å². The van der Waals surface area contributed by atoms with Gasteiger partial charge >= 0.3 is 0 Å². The molecule has 0 amide bonds. The first kappa shape index (κ1) is 16.2. The Kier molecular flexibility index (Phi) is 4.75. The predicted octanol–water partition coefficient (Wildman–Crippen LogP) is 4.34. The van der Waals surface area contributed by atoms with E-state index in [4.69, 9.17) is 23.2 Å². The molecular weight excluding hydrogens is 366 g/mol. The summed E-state index contributed by atoms with van der Waals surface area (Å²) in [4.78, 5) is 0. The summed E-state index contributed by atoms with van der Waals surface area (Å²) in [6.07, 6.45) is 1.07. The minimum atomic E-state index is -3.44. The molecule has 0 heterocycles. The van der Waals surface area contributed by atoms with E-state index in [0.29, 0.717) is 4.47 Å². The Morgan fingerprint density at radius 3 is 2.33 bits per heavy atom. The minimum Gasteiger partial charge on any atom is -0.229 e. The summed E-state index contributed by atoms with van der Waals surface area (Å²) in [6.45, 7) is 2.91. The van der Waals surface area contributed by atoms with Gasteiger partial charge in [0.25, 0.3) is 0 Å². The highest BCUT2D eigenvalue weighted by Crippen LogP contribution is 2.40. The zero-order valence-corrected chi connectivity index (χ0v) is 13.9. The summed E-state index contributed by atoms with van der Waals surface area (Å²) in [7, 11) is -3.44. The van der Waals surface area contributed by atoms with Crippen molar-refractivity contribution in [3.63, 3.8) is 0 Å². The first-order valence-corrected chi connectivity index (χ1v) is 8.46. The quantitative estimate of drug-likeness (QED) is 0.579. The van der Waals surface area contributed by atoms with Gasteiger partial charge in [-0.25, -0.2) is 12.8 Å². The predicted molar refractivity (Wildman–Crippen MR) is 76.6 cm³/mol. The summed E-state index contributed by atoms with van der Waals surface area (Å²) in [5.74, 6) is -0.594. The van der Waals surface area contributed by atoms with Gasteiger partial charge in [-0.05, 0) is 41.9 Å². The van der Waals surface area contributed by atoms with E-state index in [1.807, 2.05) is 0 Å². The van der Waals surface area contributed by atoms with E-state index in [1.54, 1.807) is 0 Å². The Morgan fingerprint density at radius 2 is 1.89 bits per heavy atom. The van der Waals surface area contributed by atoms with Crippen molar-refractivity contribution in [2.24, 2.45) is 0 Å². The molecule has 0 aliphatic heterocycles. The Balaban J connectivity index is 3.36. The Labute approximate surface area is 125 Å². The van der Waals surface area contributed by atoms with Crippen LogP contribution in [0.3, 0.4) is 0 Å². The summed E-state index contributed by atoms with van der Waals surface area (Å²) in [5, 5.41) is -0.751. The molecule has 0 aliphatic rings. The van der Waals surface area contributed by atoms with Crippen molar-refractivity contribution in [3.05, 3.63) is 33.0 Å². The lowest BCUT2D eigenvalue weighted by molar-refractivity contribution is 0.530. The zero-order chi connectivity index (χ0) is 14.3. The molecule has 0 spiro atoms. The maximum absolute atomic E-state index is 13.8. The first-order chi connectivity index (χ1) is 7.98. The van der Waals surface area contributed by atoms with Crippen LogP contribution in [0.2, 0.25) is 5.02 Å². The lowest BCUT2D eigenvalue weighted by atomic mass is 10.0. The van der Waals surface area contributed by atoms with Gasteiger partial charge in [-0.2, -0.15) is 0 Å². The van der Waals surface area contributed by atoms with Crippen molar-refractivity contribution in [3.8, 4) is 0 Å². The van der Waals surface area contributed by atoms with Gasteiger partial charge in [0, 0.05) is 16.3 Å². The molecule has 0 bridgehead atoms. The number of halogens is 4. The van der Waals surface area contributed by atoms with Crippen molar-refractivity contribution >= 4 is 49.0 Å². The number of hydrogen-bond acceptors (Lipinski definition) is 2. The molecule has 1 rings (SSSR count). The zero-order valence-electron chi connectivity index (χ0n) is 9.97. The topological polar surface area (TPSA) is 34.1 Å². The smallest absolute Gasteiger partial charge is 0.154 e. The fourth-order valence-electron chi connectivity index (χ4n) is 1.29. The number of hydrogen-bond donors (Lipinski definition) is 0. The van der Waals surface area contributed by atoms with Crippen molar-refractivity contribution in [2.75, 3.05) is 6.26 Å². The van der Waals surface area contributed by atoms with Crippen LogP contribution in [0.4, 0.5) is 4.39 Å². The largest absolute Gasteiger partial charge is 0.229 e. The Morgan fingerprint density at radius 1 is 1.39 bits per heavy atom. The Bertz CT molecular complexity index is 573. The molecule has 1 unspecified atom stereocenters. The molecule has 1 atom stereocenters. The number of alkyl halides is 1. The highest BCUT2D eigenvalue weighted by Gasteiger charge is 2.40. The fraction of sp³-hybridized carbons (Fsp3) is 0.455. The summed E-state index contributed by atoms with van der Waals surface area (Å²) >= 11 is 15.1. The van der Waals surface area contributed by atoms with Crippen LogP contribution in [0.5, 0.6) is 0 Å². The van der Waals surface area contributed by atoms with E-state index in [9.17, 15) is 12.8 Å². The van der Waals surface area contributed by atoms with Crippen LogP contribution >= 0.6 is 39.1 Å². The second-order valence-corrected chi connectivity index (χ2v) is 8.82. The lowest BCUT2D eigenvalue weighted by Gasteiger charge is -2.28. The molecule has 2 nitrogen and oxygen atoms in total. The molecule has 18 heavy (non-hydrogen) atoms. The van der Waals surface area contributed by atoms with Crippen LogP contribution < -0.4 is 0 Å². The van der Waals surface area contributed by atoms with Crippen molar-refractivity contribution in [1.82, 2.24) is 0 Å². The van der Waals surface area contributed by atoms with E-state index in [-0.39, 0.29) is 10.6 Å².